The van der Waals surface area contributed by atoms with Gasteiger partial charge in [-0.2, -0.15) is 0 Å². The highest BCUT2D eigenvalue weighted by atomic mass is 16.6. The minimum Gasteiger partial charge on any atom is -0.444 e. The second kappa shape index (κ2) is 5.69. The lowest BCUT2D eigenvalue weighted by molar-refractivity contribution is -0.383. The maximum atomic E-state index is 12.1. The molecule has 0 bridgehead atoms. The molecule has 110 valence electrons. The van der Waals surface area contributed by atoms with E-state index in [1.165, 1.54) is 22.9 Å². The molecular weight excluding hydrogens is 284 g/mol. The highest BCUT2D eigenvalue weighted by Gasteiger charge is 2.17. The molecule has 0 amide bonds. The molecule has 0 saturated heterocycles. The van der Waals surface area contributed by atoms with Gasteiger partial charge in [0.05, 0.1) is 15.8 Å². The molecule has 0 atom stereocenters. The second-order valence-corrected chi connectivity index (χ2v) is 4.69. The number of fused-ring (bicyclic) bond motifs is 1. The first kappa shape index (κ1) is 13.8. The Morgan fingerprint density at radius 2 is 1.86 bits per heavy atom. The summed E-state index contributed by atoms with van der Waals surface area (Å²) < 4.78 is 6.50. The lowest BCUT2D eigenvalue weighted by atomic mass is 10.2. The van der Waals surface area contributed by atoms with Crippen molar-refractivity contribution < 1.29 is 14.5 Å². The first-order valence-corrected chi connectivity index (χ1v) is 6.62. The predicted octanol–water partition coefficient (Wildman–Crippen LogP) is 3.73. The normalized spacial score (nSPS) is 10.5. The van der Waals surface area contributed by atoms with Gasteiger partial charge in [0.2, 0.25) is 0 Å². The molecule has 0 saturated carbocycles. The molecular formula is C16H12N2O4. The van der Waals surface area contributed by atoms with Crippen molar-refractivity contribution in [1.82, 2.24) is 4.57 Å². The summed E-state index contributed by atoms with van der Waals surface area (Å²) in [6, 6.07) is 15.4. The maximum absolute atomic E-state index is 12.1. The number of aromatic nitrogens is 1. The fraction of sp³-hybridized carbons (Fsp3) is 0.0625. The number of non-ortho nitro benzene ring substituents is 1. The third kappa shape index (κ3) is 2.54. The average Bonchev–Trinajstić information content (AvgIpc) is 2.97. The van der Waals surface area contributed by atoms with Crippen LogP contribution in [0.1, 0.15) is 5.56 Å². The van der Waals surface area contributed by atoms with Gasteiger partial charge in [-0.05, 0) is 17.7 Å². The average molecular weight is 296 g/mol. The van der Waals surface area contributed by atoms with Crippen LogP contribution in [0.15, 0.2) is 60.8 Å². The van der Waals surface area contributed by atoms with Gasteiger partial charge in [0, 0.05) is 12.3 Å². The molecule has 0 aliphatic rings. The lowest BCUT2D eigenvalue weighted by Crippen LogP contribution is -2.12. The standard InChI is InChI=1S/C16H12N2O4/c19-16(22-11-12-5-2-1-3-6-12)17-10-9-13-14(17)7-4-8-15(13)18(20)21/h1-10H,11H2. The highest BCUT2D eigenvalue weighted by Crippen LogP contribution is 2.26. The molecule has 0 fully saturated rings. The number of ether oxygens (including phenoxy) is 1. The van der Waals surface area contributed by atoms with Crippen molar-refractivity contribution in [2.24, 2.45) is 0 Å². The van der Waals surface area contributed by atoms with Gasteiger partial charge in [0.1, 0.15) is 6.61 Å². The Kier molecular flexibility index (Phi) is 3.57. The topological polar surface area (TPSA) is 74.4 Å². The van der Waals surface area contributed by atoms with E-state index < -0.39 is 11.0 Å². The lowest BCUT2D eigenvalue weighted by Gasteiger charge is -2.06. The first-order chi connectivity index (χ1) is 10.7. The van der Waals surface area contributed by atoms with E-state index in [4.69, 9.17) is 4.74 Å². The number of nitro benzene ring substituents is 1. The quantitative estimate of drug-likeness (QED) is 0.545. The fourth-order valence-corrected chi connectivity index (χ4v) is 2.26. The number of nitrogens with zero attached hydrogens (tertiary/aromatic N) is 2. The summed E-state index contributed by atoms with van der Waals surface area (Å²) in [6.07, 6.45) is 0.907. The van der Waals surface area contributed by atoms with E-state index in [2.05, 4.69) is 0 Å². The van der Waals surface area contributed by atoms with Crippen LogP contribution in [-0.4, -0.2) is 15.6 Å². The summed E-state index contributed by atoms with van der Waals surface area (Å²) in [5, 5.41) is 11.4. The van der Waals surface area contributed by atoms with Crippen LogP contribution in [0, 0.1) is 10.1 Å². The monoisotopic (exact) mass is 296 g/mol. The van der Waals surface area contributed by atoms with E-state index in [1.54, 1.807) is 12.1 Å². The molecule has 0 N–H and O–H groups in total. The van der Waals surface area contributed by atoms with Gasteiger partial charge < -0.3 is 4.74 Å². The van der Waals surface area contributed by atoms with Crippen molar-refractivity contribution in [3.63, 3.8) is 0 Å². The van der Waals surface area contributed by atoms with Crippen LogP contribution in [0.2, 0.25) is 0 Å². The van der Waals surface area contributed by atoms with Crippen LogP contribution < -0.4 is 0 Å². The number of benzene rings is 2. The molecule has 6 heteroatoms. The first-order valence-electron chi connectivity index (χ1n) is 6.62. The van der Waals surface area contributed by atoms with Gasteiger partial charge in [-0.1, -0.05) is 36.4 Å². The molecule has 3 aromatic rings. The van der Waals surface area contributed by atoms with Crippen LogP contribution in [0.5, 0.6) is 0 Å². The third-order valence-corrected chi connectivity index (χ3v) is 3.31. The third-order valence-electron chi connectivity index (χ3n) is 3.31. The van der Waals surface area contributed by atoms with Gasteiger partial charge in [0.25, 0.3) is 5.69 Å². The fourth-order valence-electron chi connectivity index (χ4n) is 2.26. The molecule has 0 spiro atoms. The minimum absolute atomic E-state index is 0.0351. The van der Waals surface area contributed by atoms with Crippen molar-refractivity contribution in [3.8, 4) is 0 Å². The van der Waals surface area contributed by atoms with Crippen molar-refractivity contribution in [2.45, 2.75) is 6.61 Å². The van der Waals surface area contributed by atoms with Crippen molar-refractivity contribution in [1.29, 1.82) is 0 Å². The molecule has 0 aliphatic carbocycles. The van der Waals surface area contributed by atoms with Crippen LogP contribution in [0.25, 0.3) is 10.9 Å². The summed E-state index contributed by atoms with van der Waals surface area (Å²) in [4.78, 5) is 22.7. The number of hydrogen-bond donors (Lipinski definition) is 0. The SMILES string of the molecule is O=C(OCc1ccccc1)n1ccc2c([N+](=O)[O-])cccc21. The zero-order chi connectivity index (χ0) is 15.5. The van der Waals surface area contributed by atoms with Crippen molar-refractivity contribution >= 4 is 22.7 Å². The van der Waals surface area contributed by atoms with Gasteiger partial charge in [-0.3, -0.25) is 14.7 Å². The highest BCUT2D eigenvalue weighted by molar-refractivity contribution is 5.94. The van der Waals surface area contributed by atoms with Crippen LogP contribution >= 0.6 is 0 Å². The molecule has 0 aliphatic heterocycles. The number of nitro groups is 1. The largest absolute Gasteiger partial charge is 0.444 e. The van der Waals surface area contributed by atoms with E-state index in [-0.39, 0.29) is 12.3 Å². The summed E-state index contributed by atoms with van der Waals surface area (Å²) in [5.41, 5.74) is 1.29. The summed E-state index contributed by atoms with van der Waals surface area (Å²) >= 11 is 0. The molecule has 1 aromatic heterocycles. The van der Waals surface area contributed by atoms with E-state index in [9.17, 15) is 14.9 Å². The molecule has 0 unspecified atom stereocenters. The maximum Gasteiger partial charge on any atom is 0.418 e. The van der Waals surface area contributed by atoms with Crippen LogP contribution in [0.3, 0.4) is 0 Å². The number of hydrogen-bond acceptors (Lipinski definition) is 4. The summed E-state index contributed by atoms with van der Waals surface area (Å²) in [5.74, 6) is 0. The summed E-state index contributed by atoms with van der Waals surface area (Å²) in [6.45, 7) is 0.147. The van der Waals surface area contributed by atoms with E-state index >= 15 is 0 Å². The van der Waals surface area contributed by atoms with Crippen LogP contribution in [-0.2, 0) is 11.3 Å². The Labute approximate surface area is 125 Å². The van der Waals surface area contributed by atoms with Gasteiger partial charge in [-0.25, -0.2) is 4.79 Å². The molecule has 1 heterocycles. The van der Waals surface area contributed by atoms with E-state index in [0.29, 0.717) is 10.9 Å². The Morgan fingerprint density at radius 3 is 2.59 bits per heavy atom. The Morgan fingerprint density at radius 1 is 1.09 bits per heavy atom. The predicted molar refractivity (Wildman–Crippen MR) is 80.6 cm³/mol. The zero-order valence-corrected chi connectivity index (χ0v) is 11.5. The van der Waals surface area contributed by atoms with Crippen molar-refractivity contribution in [2.75, 3.05) is 0 Å². The molecule has 3 rings (SSSR count). The number of carbonyl (C=O) groups is 1. The molecule has 0 radical (unpaired) electrons. The molecule has 22 heavy (non-hydrogen) atoms. The number of rotatable bonds is 3. The Bertz CT molecular complexity index is 840. The smallest absolute Gasteiger partial charge is 0.418 e. The minimum atomic E-state index is -0.570. The zero-order valence-electron chi connectivity index (χ0n) is 11.5. The van der Waals surface area contributed by atoms with Gasteiger partial charge in [-0.15, -0.1) is 0 Å². The van der Waals surface area contributed by atoms with Crippen LogP contribution in [0.4, 0.5) is 10.5 Å². The Hall–Kier alpha value is -3.15. The summed E-state index contributed by atoms with van der Waals surface area (Å²) in [7, 11) is 0. The van der Waals surface area contributed by atoms with E-state index in [1.807, 2.05) is 30.3 Å². The number of carbonyl (C=O) groups excluding carboxylic acids is 1. The molecule has 6 nitrogen and oxygen atoms in total. The van der Waals surface area contributed by atoms with Crippen molar-refractivity contribution in [3.05, 3.63) is 76.5 Å². The van der Waals surface area contributed by atoms with Gasteiger partial charge in [0.15, 0.2) is 0 Å². The Balaban J connectivity index is 1.86. The van der Waals surface area contributed by atoms with Gasteiger partial charge >= 0.3 is 6.09 Å². The second-order valence-electron chi connectivity index (χ2n) is 4.69. The molecule has 2 aromatic carbocycles. The van der Waals surface area contributed by atoms with E-state index in [0.717, 1.165) is 5.56 Å².